The Bertz CT molecular complexity index is 564. The number of amides is 2. The number of primary amides is 1. The van der Waals surface area contributed by atoms with Crippen molar-refractivity contribution in [2.45, 2.75) is 0 Å². The van der Waals surface area contributed by atoms with Crippen molar-refractivity contribution < 1.29 is 19.5 Å². The molecule has 0 aliphatic rings. The molecule has 0 aliphatic carbocycles. The minimum absolute atomic E-state index is 0.149. The Balaban J connectivity index is 3.03. The highest BCUT2D eigenvalue weighted by molar-refractivity contribution is 5.96. The Hall–Kier alpha value is -2.71. The van der Waals surface area contributed by atoms with Crippen LogP contribution in [0.15, 0.2) is 16.9 Å². The van der Waals surface area contributed by atoms with Crippen LogP contribution in [0, 0.1) is 0 Å². The van der Waals surface area contributed by atoms with Crippen molar-refractivity contribution in [3.8, 4) is 0 Å². The fraction of sp³-hybridized carbons (Fsp3) is 0.300. The summed E-state index contributed by atoms with van der Waals surface area (Å²) in [4.78, 5) is 45.3. The Morgan fingerprint density at radius 2 is 2.00 bits per heavy atom. The van der Waals surface area contributed by atoms with E-state index in [-0.39, 0.29) is 5.69 Å². The monoisotopic (exact) mass is 268 g/mol. The van der Waals surface area contributed by atoms with Gasteiger partial charge in [-0.15, -0.1) is 0 Å². The second kappa shape index (κ2) is 5.76. The number of rotatable bonds is 5. The molecule has 0 bridgehead atoms. The van der Waals surface area contributed by atoms with Crippen molar-refractivity contribution in [1.82, 2.24) is 14.7 Å². The van der Waals surface area contributed by atoms with Crippen molar-refractivity contribution in [1.29, 1.82) is 0 Å². The summed E-state index contributed by atoms with van der Waals surface area (Å²) in [6, 6.07) is 2.27. The van der Waals surface area contributed by atoms with E-state index in [1.807, 2.05) is 0 Å². The van der Waals surface area contributed by atoms with Crippen LogP contribution in [-0.2, 0) is 16.6 Å². The number of carboxylic acid groups (broad SMARTS) is 1. The third-order valence-electron chi connectivity index (χ3n) is 2.14. The smallest absolute Gasteiger partial charge is 0.323 e. The molecule has 9 nitrogen and oxygen atoms in total. The van der Waals surface area contributed by atoms with E-state index in [0.29, 0.717) is 0 Å². The summed E-state index contributed by atoms with van der Waals surface area (Å²) >= 11 is 0. The standard InChI is InChI=1S/C10H12N4O5/c1-13-8(16)3-2-6(12-13)10(19)14(4-7(11)15)5-9(17)18/h2-3H,4-5H2,1H3,(H2,11,15)(H,17,18). The van der Waals surface area contributed by atoms with Gasteiger partial charge in [0.1, 0.15) is 18.8 Å². The second-order valence-electron chi connectivity index (χ2n) is 3.70. The highest BCUT2D eigenvalue weighted by Crippen LogP contribution is 1.99. The molecular formula is C10H12N4O5. The number of aromatic nitrogens is 2. The van der Waals surface area contributed by atoms with Crippen LogP contribution in [0.4, 0.5) is 0 Å². The molecule has 0 radical (unpaired) electrons. The number of carbonyl (C=O) groups excluding carboxylic acids is 2. The summed E-state index contributed by atoms with van der Waals surface area (Å²) in [5, 5.41) is 12.3. The van der Waals surface area contributed by atoms with Crippen LogP contribution in [0.1, 0.15) is 10.5 Å². The van der Waals surface area contributed by atoms with Crippen molar-refractivity contribution in [3.05, 3.63) is 28.2 Å². The highest BCUT2D eigenvalue weighted by atomic mass is 16.4. The molecule has 0 fully saturated rings. The lowest BCUT2D eigenvalue weighted by atomic mass is 10.3. The summed E-state index contributed by atoms with van der Waals surface area (Å²) in [7, 11) is 1.34. The molecule has 0 spiro atoms. The van der Waals surface area contributed by atoms with Gasteiger partial charge in [0.15, 0.2) is 0 Å². The lowest BCUT2D eigenvalue weighted by Gasteiger charge is -2.18. The molecule has 1 aromatic heterocycles. The van der Waals surface area contributed by atoms with Gasteiger partial charge in [-0.05, 0) is 6.07 Å². The number of aryl methyl sites for hydroxylation is 1. The highest BCUT2D eigenvalue weighted by Gasteiger charge is 2.21. The van der Waals surface area contributed by atoms with Crippen LogP contribution in [-0.4, -0.2) is 50.7 Å². The van der Waals surface area contributed by atoms with Gasteiger partial charge in [0.05, 0.1) is 0 Å². The minimum atomic E-state index is -1.29. The predicted molar refractivity (Wildman–Crippen MR) is 62.2 cm³/mol. The molecule has 102 valence electrons. The second-order valence-corrected chi connectivity index (χ2v) is 3.70. The van der Waals surface area contributed by atoms with Gasteiger partial charge in [-0.2, -0.15) is 5.10 Å². The van der Waals surface area contributed by atoms with E-state index < -0.39 is 36.4 Å². The topological polar surface area (TPSA) is 136 Å². The van der Waals surface area contributed by atoms with Gasteiger partial charge in [0, 0.05) is 13.1 Å². The molecule has 0 aromatic carbocycles. The maximum Gasteiger partial charge on any atom is 0.323 e. The molecule has 0 saturated carbocycles. The summed E-state index contributed by atoms with van der Waals surface area (Å²) in [5.41, 5.74) is 4.37. The Kier molecular flexibility index (Phi) is 4.35. The van der Waals surface area contributed by atoms with Crippen LogP contribution >= 0.6 is 0 Å². The molecule has 1 aromatic rings. The first-order chi connectivity index (χ1) is 8.81. The quantitative estimate of drug-likeness (QED) is 0.621. The zero-order valence-corrected chi connectivity index (χ0v) is 10.1. The fourth-order valence-electron chi connectivity index (χ4n) is 1.33. The Labute approximate surface area is 107 Å². The van der Waals surface area contributed by atoms with Crippen LogP contribution in [0.25, 0.3) is 0 Å². The van der Waals surface area contributed by atoms with Gasteiger partial charge >= 0.3 is 5.97 Å². The summed E-state index contributed by atoms with van der Waals surface area (Å²) in [6.45, 7) is -1.23. The van der Waals surface area contributed by atoms with Crippen molar-refractivity contribution >= 4 is 17.8 Å². The van der Waals surface area contributed by atoms with E-state index in [1.165, 1.54) is 7.05 Å². The van der Waals surface area contributed by atoms with Gasteiger partial charge in [0.2, 0.25) is 5.91 Å². The van der Waals surface area contributed by atoms with Gasteiger partial charge in [-0.3, -0.25) is 19.2 Å². The Morgan fingerprint density at radius 3 is 2.47 bits per heavy atom. The number of nitrogens with zero attached hydrogens (tertiary/aromatic N) is 3. The van der Waals surface area contributed by atoms with Gasteiger partial charge < -0.3 is 15.7 Å². The molecule has 3 N–H and O–H groups in total. The van der Waals surface area contributed by atoms with E-state index in [1.54, 1.807) is 0 Å². The van der Waals surface area contributed by atoms with Crippen molar-refractivity contribution in [2.24, 2.45) is 12.8 Å². The fourth-order valence-corrected chi connectivity index (χ4v) is 1.33. The first kappa shape index (κ1) is 14.4. The largest absolute Gasteiger partial charge is 0.480 e. The number of hydrogen-bond acceptors (Lipinski definition) is 5. The summed E-state index contributed by atoms with van der Waals surface area (Å²) < 4.78 is 0.927. The van der Waals surface area contributed by atoms with Crippen LogP contribution in [0.5, 0.6) is 0 Å². The SMILES string of the molecule is Cn1nc(C(=O)N(CC(N)=O)CC(=O)O)ccc1=O. The third kappa shape index (κ3) is 3.91. The first-order valence-corrected chi connectivity index (χ1v) is 5.15. The molecule has 0 saturated heterocycles. The third-order valence-corrected chi connectivity index (χ3v) is 2.14. The molecule has 19 heavy (non-hydrogen) atoms. The molecule has 9 heteroatoms. The maximum absolute atomic E-state index is 12.0. The predicted octanol–water partition coefficient (Wildman–Crippen LogP) is -2.21. The van der Waals surface area contributed by atoms with E-state index in [9.17, 15) is 19.2 Å². The number of nitrogens with two attached hydrogens (primary N) is 1. The zero-order valence-electron chi connectivity index (χ0n) is 10.1. The molecule has 1 rings (SSSR count). The zero-order chi connectivity index (χ0) is 14.6. The lowest BCUT2D eigenvalue weighted by Crippen LogP contribution is -2.42. The number of aliphatic carboxylic acids is 1. The van der Waals surface area contributed by atoms with Crippen molar-refractivity contribution in [2.75, 3.05) is 13.1 Å². The van der Waals surface area contributed by atoms with Crippen LogP contribution < -0.4 is 11.3 Å². The average Bonchev–Trinajstić information content (AvgIpc) is 2.29. The summed E-state index contributed by atoms with van der Waals surface area (Å²) in [6.07, 6.45) is 0. The summed E-state index contributed by atoms with van der Waals surface area (Å²) in [5.74, 6) is -2.93. The first-order valence-electron chi connectivity index (χ1n) is 5.15. The molecular weight excluding hydrogens is 256 g/mol. The average molecular weight is 268 g/mol. The molecule has 0 aliphatic heterocycles. The molecule has 0 atom stereocenters. The van der Waals surface area contributed by atoms with Gasteiger partial charge in [-0.1, -0.05) is 0 Å². The van der Waals surface area contributed by atoms with Gasteiger partial charge in [-0.25, -0.2) is 4.68 Å². The van der Waals surface area contributed by atoms with E-state index in [2.05, 4.69) is 5.10 Å². The van der Waals surface area contributed by atoms with E-state index in [4.69, 9.17) is 10.8 Å². The number of carboxylic acids is 1. The lowest BCUT2D eigenvalue weighted by molar-refractivity contribution is -0.138. The number of hydrogen-bond donors (Lipinski definition) is 2. The van der Waals surface area contributed by atoms with Crippen LogP contribution in [0.3, 0.4) is 0 Å². The van der Waals surface area contributed by atoms with E-state index >= 15 is 0 Å². The Morgan fingerprint density at radius 1 is 1.37 bits per heavy atom. The normalized spacial score (nSPS) is 9.95. The maximum atomic E-state index is 12.0. The van der Waals surface area contributed by atoms with Crippen molar-refractivity contribution in [3.63, 3.8) is 0 Å². The van der Waals surface area contributed by atoms with E-state index in [0.717, 1.165) is 21.7 Å². The van der Waals surface area contributed by atoms with Gasteiger partial charge in [0.25, 0.3) is 11.5 Å². The molecule has 1 heterocycles. The minimum Gasteiger partial charge on any atom is -0.480 e. The molecule has 2 amide bonds. The number of carbonyl (C=O) groups is 3. The molecule has 0 unspecified atom stereocenters. The van der Waals surface area contributed by atoms with Crippen LogP contribution in [0.2, 0.25) is 0 Å².